The number of rotatable bonds is 7. The fourth-order valence-corrected chi connectivity index (χ4v) is 5.31. The summed E-state index contributed by atoms with van der Waals surface area (Å²) in [5, 5.41) is -0.0973. The third-order valence-corrected chi connectivity index (χ3v) is 7.18. The third-order valence-electron chi connectivity index (χ3n) is 6.24. The standard InChI is InChI=1S/C25H27FN2O2S/c26-20-10-8-18(9-11-20)3-1-2-17-4-6-19(7-5-17)14-24-27-13-12-21(28-24)15-23-22(29)16-25(30)31-23/h8-13,15,17,19H,1-7,14,16H2/b23-15-. The molecule has 2 heterocycles. The van der Waals surface area contributed by atoms with Gasteiger partial charge in [-0.05, 0) is 79.1 Å². The van der Waals surface area contributed by atoms with E-state index in [0.717, 1.165) is 42.8 Å². The molecule has 1 aliphatic carbocycles. The maximum atomic E-state index is 13.0. The lowest BCUT2D eigenvalue weighted by Gasteiger charge is -2.28. The second-order valence-corrected chi connectivity index (χ2v) is 9.69. The molecule has 6 heteroatoms. The summed E-state index contributed by atoms with van der Waals surface area (Å²) in [4.78, 5) is 32.8. The number of aromatic nitrogens is 2. The Hall–Kier alpha value is -2.34. The summed E-state index contributed by atoms with van der Waals surface area (Å²) in [6.45, 7) is 0. The van der Waals surface area contributed by atoms with Gasteiger partial charge in [0.15, 0.2) is 5.78 Å². The van der Waals surface area contributed by atoms with Crippen LogP contribution in [0.4, 0.5) is 4.39 Å². The number of hydrogen-bond acceptors (Lipinski definition) is 5. The van der Waals surface area contributed by atoms with E-state index >= 15 is 0 Å². The van der Waals surface area contributed by atoms with Crippen LogP contribution in [-0.4, -0.2) is 20.9 Å². The fraction of sp³-hybridized carbons (Fsp3) is 0.440. The molecule has 2 aromatic rings. The first-order valence-corrected chi connectivity index (χ1v) is 11.9. The molecule has 0 amide bonds. The predicted octanol–water partition coefficient (Wildman–Crippen LogP) is 5.56. The lowest BCUT2D eigenvalue weighted by molar-refractivity contribution is -0.119. The van der Waals surface area contributed by atoms with Gasteiger partial charge in [-0.2, -0.15) is 0 Å². The number of thioether (sulfide) groups is 1. The van der Waals surface area contributed by atoms with Crippen molar-refractivity contribution in [1.82, 2.24) is 9.97 Å². The first-order chi connectivity index (χ1) is 15.0. The molecule has 0 bridgehead atoms. The molecule has 0 unspecified atom stereocenters. The van der Waals surface area contributed by atoms with Crippen molar-refractivity contribution in [2.75, 3.05) is 0 Å². The molecule has 1 aliphatic heterocycles. The molecular formula is C25H27FN2O2S. The summed E-state index contributed by atoms with van der Waals surface area (Å²) in [6.07, 6.45) is 12.6. The summed E-state index contributed by atoms with van der Waals surface area (Å²) >= 11 is 1.01. The van der Waals surface area contributed by atoms with Crippen LogP contribution in [0.15, 0.2) is 41.4 Å². The van der Waals surface area contributed by atoms with Crippen molar-refractivity contribution >= 4 is 28.7 Å². The monoisotopic (exact) mass is 438 g/mol. The van der Waals surface area contributed by atoms with Gasteiger partial charge in [0.2, 0.25) is 5.12 Å². The number of allylic oxidation sites excluding steroid dienone is 1. The Morgan fingerprint density at radius 3 is 2.48 bits per heavy atom. The molecule has 162 valence electrons. The molecule has 0 N–H and O–H groups in total. The SMILES string of the molecule is O=C1CC(=O)/C(=C/c2ccnc(CC3CCC(CCCc4ccc(F)cc4)CC3)n2)S1. The molecule has 0 radical (unpaired) electrons. The first kappa shape index (κ1) is 21.9. The topological polar surface area (TPSA) is 59.9 Å². The molecule has 2 fully saturated rings. The average Bonchev–Trinajstić information content (AvgIpc) is 3.07. The molecule has 1 saturated heterocycles. The van der Waals surface area contributed by atoms with Crippen LogP contribution in [0.2, 0.25) is 0 Å². The number of benzene rings is 1. The smallest absolute Gasteiger partial charge is 0.201 e. The quantitative estimate of drug-likeness (QED) is 0.418. The number of halogens is 1. The van der Waals surface area contributed by atoms with Gasteiger partial charge in [0.05, 0.1) is 17.0 Å². The molecular weight excluding hydrogens is 411 g/mol. The van der Waals surface area contributed by atoms with Gasteiger partial charge in [-0.3, -0.25) is 9.59 Å². The second-order valence-electron chi connectivity index (χ2n) is 8.59. The van der Waals surface area contributed by atoms with Crippen molar-refractivity contribution in [3.63, 3.8) is 0 Å². The number of carbonyl (C=O) groups is 2. The molecule has 4 nitrogen and oxygen atoms in total. The van der Waals surface area contributed by atoms with Gasteiger partial charge in [-0.15, -0.1) is 0 Å². The van der Waals surface area contributed by atoms with Gasteiger partial charge < -0.3 is 0 Å². The van der Waals surface area contributed by atoms with Crippen molar-refractivity contribution in [3.05, 3.63) is 64.3 Å². The van der Waals surface area contributed by atoms with Crippen LogP contribution in [0.25, 0.3) is 6.08 Å². The minimum atomic E-state index is -0.172. The number of carbonyl (C=O) groups excluding carboxylic acids is 2. The Labute approximate surface area is 186 Å². The number of ketones is 1. The Balaban J connectivity index is 1.23. The van der Waals surface area contributed by atoms with E-state index in [0.29, 0.717) is 16.5 Å². The molecule has 1 aromatic heterocycles. The van der Waals surface area contributed by atoms with Gasteiger partial charge in [-0.1, -0.05) is 31.4 Å². The van der Waals surface area contributed by atoms with Crippen LogP contribution in [0.1, 0.15) is 62.0 Å². The van der Waals surface area contributed by atoms with Gasteiger partial charge in [0.25, 0.3) is 0 Å². The zero-order valence-electron chi connectivity index (χ0n) is 17.6. The van der Waals surface area contributed by atoms with E-state index in [1.807, 2.05) is 12.1 Å². The molecule has 2 aliphatic rings. The van der Waals surface area contributed by atoms with E-state index in [-0.39, 0.29) is 23.1 Å². The fourth-order valence-electron chi connectivity index (χ4n) is 4.50. The van der Waals surface area contributed by atoms with Crippen molar-refractivity contribution in [2.45, 2.75) is 57.8 Å². The molecule has 1 saturated carbocycles. The highest BCUT2D eigenvalue weighted by Crippen LogP contribution is 2.34. The van der Waals surface area contributed by atoms with E-state index in [4.69, 9.17) is 0 Å². The highest BCUT2D eigenvalue weighted by molar-refractivity contribution is 8.18. The third kappa shape index (κ3) is 6.33. The molecule has 4 rings (SSSR count). The molecule has 1 aromatic carbocycles. The molecule has 31 heavy (non-hydrogen) atoms. The maximum Gasteiger partial charge on any atom is 0.201 e. The zero-order valence-corrected chi connectivity index (χ0v) is 18.4. The van der Waals surface area contributed by atoms with E-state index < -0.39 is 0 Å². The minimum Gasteiger partial charge on any atom is -0.293 e. The summed E-state index contributed by atoms with van der Waals surface area (Å²) in [5.41, 5.74) is 1.91. The van der Waals surface area contributed by atoms with E-state index in [9.17, 15) is 14.0 Å². The van der Waals surface area contributed by atoms with Crippen LogP contribution < -0.4 is 0 Å². The summed E-state index contributed by atoms with van der Waals surface area (Å²) in [6, 6.07) is 8.63. The number of aryl methyl sites for hydroxylation is 1. The highest BCUT2D eigenvalue weighted by Gasteiger charge is 2.26. The largest absolute Gasteiger partial charge is 0.293 e. The normalized spacial score (nSPS) is 22.9. The number of hydrogen-bond donors (Lipinski definition) is 0. The van der Waals surface area contributed by atoms with Crippen molar-refractivity contribution in [2.24, 2.45) is 11.8 Å². The Morgan fingerprint density at radius 2 is 1.77 bits per heavy atom. The maximum absolute atomic E-state index is 13.0. The Morgan fingerprint density at radius 1 is 1.03 bits per heavy atom. The van der Waals surface area contributed by atoms with Crippen molar-refractivity contribution in [1.29, 1.82) is 0 Å². The molecule has 0 spiro atoms. The molecule has 0 atom stereocenters. The minimum absolute atomic E-state index is 0.0123. The van der Waals surface area contributed by atoms with Crippen LogP contribution in [0.3, 0.4) is 0 Å². The van der Waals surface area contributed by atoms with Crippen LogP contribution in [-0.2, 0) is 22.4 Å². The van der Waals surface area contributed by atoms with Crippen molar-refractivity contribution in [3.8, 4) is 0 Å². The second kappa shape index (κ2) is 10.3. The summed E-state index contributed by atoms with van der Waals surface area (Å²) in [7, 11) is 0. The summed E-state index contributed by atoms with van der Waals surface area (Å²) in [5.74, 6) is 1.90. The lowest BCUT2D eigenvalue weighted by atomic mass is 9.78. The van der Waals surface area contributed by atoms with Crippen LogP contribution >= 0.6 is 11.8 Å². The highest BCUT2D eigenvalue weighted by atomic mass is 32.2. The van der Waals surface area contributed by atoms with Crippen LogP contribution in [0.5, 0.6) is 0 Å². The van der Waals surface area contributed by atoms with Gasteiger partial charge in [0, 0.05) is 12.6 Å². The Kier molecular flexibility index (Phi) is 7.28. The van der Waals surface area contributed by atoms with Gasteiger partial charge in [0.1, 0.15) is 11.6 Å². The van der Waals surface area contributed by atoms with Gasteiger partial charge in [-0.25, -0.2) is 14.4 Å². The predicted molar refractivity (Wildman–Crippen MR) is 121 cm³/mol. The van der Waals surface area contributed by atoms with Gasteiger partial charge >= 0.3 is 0 Å². The lowest BCUT2D eigenvalue weighted by Crippen LogP contribution is -2.17. The number of nitrogens with zero attached hydrogens (tertiary/aromatic N) is 2. The van der Waals surface area contributed by atoms with E-state index in [1.165, 1.54) is 49.8 Å². The number of Topliss-reactive ketones (excluding diaryl/α,β-unsaturated/α-hetero) is 1. The summed E-state index contributed by atoms with van der Waals surface area (Å²) < 4.78 is 13.0. The van der Waals surface area contributed by atoms with Crippen molar-refractivity contribution < 1.29 is 14.0 Å². The van der Waals surface area contributed by atoms with E-state index in [1.54, 1.807) is 18.3 Å². The average molecular weight is 439 g/mol. The first-order valence-electron chi connectivity index (χ1n) is 11.1. The Bertz CT molecular complexity index is 966. The van der Waals surface area contributed by atoms with Crippen LogP contribution in [0, 0.1) is 17.7 Å². The van der Waals surface area contributed by atoms with E-state index in [2.05, 4.69) is 9.97 Å². The zero-order chi connectivity index (χ0) is 21.6.